The van der Waals surface area contributed by atoms with Crippen LogP contribution in [0.2, 0.25) is 0 Å². The Labute approximate surface area is 65.4 Å². The summed E-state index contributed by atoms with van der Waals surface area (Å²) in [7, 11) is 0. The first-order valence-corrected chi connectivity index (χ1v) is 3.78. The minimum atomic E-state index is 0.0561. The van der Waals surface area contributed by atoms with Gasteiger partial charge >= 0.3 is 0 Å². The molecule has 2 aliphatic heterocycles. The van der Waals surface area contributed by atoms with Crippen LogP contribution in [0.4, 0.5) is 0 Å². The summed E-state index contributed by atoms with van der Waals surface area (Å²) in [4.78, 5) is 13.3. The van der Waals surface area contributed by atoms with E-state index < -0.39 is 0 Å². The number of hydrogen-bond acceptors (Lipinski definition) is 2. The van der Waals surface area contributed by atoms with Crippen LogP contribution in [-0.4, -0.2) is 30.4 Å². The van der Waals surface area contributed by atoms with Gasteiger partial charge in [-0.3, -0.25) is 4.79 Å². The lowest BCUT2D eigenvalue weighted by atomic mass is 10.2. The van der Waals surface area contributed by atoms with Crippen molar-refractivity contribution in [3.8, 4) is 0 Å². The summed E-state index contributed by atoms with van der Waals surface area (Å²) >= 11 is 0. The molecule has 1 fully saturated rings. The predicted octanol–water partition coefficient (Wildman–Crippen LogP) is -0.128. The number of amides is 1. The van der Waals surface area contributed by atoms with E-state index in [-0.39, 0.29) is 5.91 Å². The van der Waals surface area contributed by atoms with E-state index in [1.54, 1.807) is 0 Å². The van der Waals surface area contributed by atoms with Gasteiger partial charge in [-0.05, 0) is 6.08 Å². The third-order valence-electron chi connectivity index (χ3n) is 1.96. The average Bonchev–Trinajstić information content (AvgIpc) is 2.06. The zero-order valence-electron chi connectivity index (χ0n) is 6.21. The predicted molar refractivity (Wildman–Crippen MR) is 41.8 cm³/mol. The lowest BCUT2D eigenvalue weighted by molar-refractivity contribution is -0.120. The van der Waals surface area contributed by atoms with Crippen molar-refractivity contribution < 1.29 is 4.79 Å². The Morgan fingerprint density at radius 3 is 3.27 bits per heavy atom. The van der Waals surface area contributed by atoms with Gasteiger partial charge in [0.1, 0.15) is 5.70 Å². The lowest BCUT2D eigenvalue weighted by Crippen LogP contribution is -2.46. The maximum absolute atomic E-state index is 11.2. The number of carbonyl (C=O) groups excluding carboxylic acids is 1. The molecule has 0 atom stereocenters. The Bertz CT molecular complexity index is 242. The Kier molecular flexibility index (Phi) is 1.42. The van der Waals surface area contributed by atoms with Gasteiger partial charge in [0.05, 0.1) is 0 Å². The molecule has 2 aliphatic rings. The third kappa shape index (κ3) is 1.02. The maximum Gasteiger partial charge on any atom is 0.267 e. The van der Waals surface area contributed by atoms with Crippen LogP contribution in [0, 0.1) is 0 Å². The Balaban J connectivity index is 2.27. The molecule has 58 valence electrons. The summed E-state index contributed by atoms with van der Waals surface area (Å²) in [6.07, 6.45) is 5.84. The van der Waals surface area contributed by atoms with Gasteiger partial charge in [-0.15, -0.1) is 0 Å². The molecular weight excluding hydrogens is 140 g/mol. The Morgan fingerprint density at radius 2 is 2.45 bits per heavy atom. The van der Waals surface area contributed by atoms with Gasteiger partial charge in [-0.25, -0.2) is 0 Å². The van der Waals surface area contributed by atoms with E-state index in [4.69, 9.17) is 0 Å². The van der Waals surface area contributed by atoms with Crippen molar-refractivity contribution >= 4 is 5.91 Å². The molecule has 1 amide bonds. The topological polar surface area (TPSA) is 32.3 Å². The molecule has 0 aliphatic carbocycles. The van der Waals surface area contributed by atoms with E-state index >= 15 is 0 Å². The van der Waals surface area contributed by atoms with Crippen LogP contribution in [0.15, 0.2) is 23.9 Å². The molecule has 0 radical (unpaired) electrons. The van der Waals surface area contributed by atoms with Crippen LogP contribution in [-0.2, 0) is 4.79 Å². The van der Waals surface area contributed by atoms with Crippen molar-refractivity contribution in [1.29, 1.82) is 0 Å². The molecule has 0 saturated carbocycles. The van der Waals surface area contributed by atoms with Crippen molar-refractivity contribution in [3.63, 3.8) is 0 Å². The fourth-order valence-electron chi connectivity index (χ4n) is 1.38. The summed E-state index contributed by atoms with van der Waals surface area (Å²) in [5, 5.41) is 2.80. The quantitative estimate of drug-likeness (QED) is 0.522. The van der Waals surface area contributed by atoms with Gasteiger partial charge in [0.15, 0.2) is 0 Å². The molecule has 1 N–H and O–H groups in total. The van der Waals surface area contributed by atoms with Crippen molar-refractivity contribution in [2.24, 2.45) is 0 Å². The minimum absolute atomic E-state index is 0.0561. The highest BCUT2D eigenvalue weighted by atomic mass is 16.2. The van der Waals surface area contributed by atoms with E-state index in [0.717, 1.165) is 25.3 Å². The van der Waals surface area contributed by atoms with E-state index in [0.29, 0.717) is 0 Å². The van der Waals surface area contributed by atoms with Crippen molar-refractivity contribution in [3.05, 3.63) is 23.9 Å². The fourth-order valence-corrected chi connectivity index (χ4v) is 1.38. The molecule has 3 heteroatoms. The molecular formula is C8H10N2O. The summed E-state index contributed by atoms with van der Waals surface area (Å²) in [5.41, 5.74) is 0.804. The average molecular weight is 150 g/mol. The Morgan fingerprint density at radius 1 is 1.55 bits per heavy atom. The molecule has 3 nitrogen and oxygen atoms in total. The molecule has 1 saturated heterocycles. The highest BCUT2D eigenvalue weighted by Gasteiger charge is 2.21. The van der Waals surface area contributed by atoms with Gasteiger partial charge in [0, 0.05) is 19.6 Å². The summed E-state index contributed by atoms with van der Waals surface area (Å²) in [6, 6.07) is 0. The standard InChI is InChI=1S/C8H10N2O/c11-8-7-3-1-2-5-10(7)6-4-9-8/h1-3H,4-6H2,(H,9,11). The smallest absolute Gasteiger partial charge is 0.267 e. The molecule has 0 aromatic heterocycles. The number of carbonyl (C=O) groups is 1. The van der Waals surface area contributed by atoms with Gasteiger partial charge in [0.25, 0.3) is 5.91 Å². The van der Waals surface area contributed by atoms with Gasteiger partial charge in [0.2, 0.25) is 0 Å². The largest absolute Gasteiger partial charge is 0.362 e. The maximum atomic E-state index is 11.2. The summed E-state index contributed by atoms with van der Waals surface area (Å²) in [6.45, 7) is 2.57. The van der Waals surface area contributed by atoms with Crippen LogP contribution >= 0.6 is 0 Å². The fraction of sp³-hybridized carbons (Fsp3) is 0.375. The van der Waals surface area contributed by atoms with Crippen LogP contribution in [0.1, 0.15) is 0 Å². The highest BCUT2D eigenvalue weighted by molar-refractivity contribution is 5.94. The minimum Gasteiger partial charge on any atom is -0.362 e. The lowest BCUT2D eigenvalue weighted by Gasteiger charge is -2.31. The molecule has 0 aromatic carbocycles. The number of fused-ring (bicyclic) bond motifs is 1. The van der Waals surface area contributed by atoms with E-state index in [2.05, 4.69) is 16.3 Å². The molecule has 2 rings (SSSR count). The van der Waals surface area contributed by atoms with E-state index in [9.17, 15) is 4.79 Å². The van der Waals surface area contributed by atoms with E-state index in [1.807, 2.05) is 12.2 Å². The highest BCUT2D eigenvalue weighted by Crippen LogP contribution is 2.11. The van der Waals surface area contributed by atoms with Crippen LogP contribution < -0.4 is 5.32 Å². The summed E-state index contributed by atoms with van der Waals surface area (Å²) in [5.74, 6) is 0.0561. The van der Waals surface area contributed by atoms with Gasteiger partial charge < -0.3 is 10.2 Å². The van der Waals surface area contributed by atoms with Gasteiger partial charge in [-0.2, -0.15) is 0 Å². The second-order valence-corrected chi connectivity index (χ2v) is 2.68. The first-order chi connectivity index (χ1) is 5.38. The second-order valence-electron chi connectivity index (χ2n) is 2.68. The van der Waals surface area contributed by atoms with E-state index in [1.165, 1.54) is 0 Å². The molecule has 0 bridgehead atoms. The Hall–Kier alpha value is -1.25. The zero-order valence-corrected chi connectivity index (χ0v) is 6.21. The third-order valence-corrected chi connectivity index (χ3v) is 1.96. The first kappa shape index (κ1) is 6.46. The number of nitrogens with one attached hydrogen (secondary N) is 1. The monoisotopic (exact) mass is 150 g/mol. The number of hydrogen-bond donors (Lipinski definition) is 1. The van der Waals surface area contributed by atoms with Crippen molar-refractivity contribution in [1.82, 2.24) is 10.2 Å². The summed E-state index contributed by atoms with van der Waals surface area (Å²) < 4.78 is 0. The van der Waals surface area contributed by atoms with Crippen molar-refractivity contribution in [2.75, 3.05) is 19.6 Å². The zero-order chi connectivity index (χ0) is 7.68. The van der Waals surface area contributed by atoms with Crippen LogP contribution in [0.5, 0.6) is 0 Å². The normalized spacial score (nSPS) is 22.4. The second kappa shape index (κ2) is 2.42. The SMILES string of the molecule is O=C1NCCN2CC=CC=C12. The van der Waals surface area contributed by atoms with Crippen LogP contribution in [0.3, 0.4) is 0 Å². The number of nitrogens with zero attached hydrogens (tertiary/aromatic N) is 1. The molecule has 0 spiro atoms. The molecule has 11 heavy (non-hydrogen) atoms. The molecule has 0 unspecified atom stereocenters. The van der Waals surface area contributed by atoms with Crippen molar-refractivity contribution in [2.45, 2.75) is 0 Å². The number of rotatable bonds is 0. The number of allylic oxidation sites excluding steroid dienone is 2. The van der Waals surface area contributed by atoms with Gasteiger partial charge in [-0.1, -0.05) is 12.2 Å². The number of piperazine rings is 1. The molecule has 0 aromatic rings. The van der Waals surface area contributed by atoms with Crippen LogP contribution in [0.25, 0.3) is 0 Å². The first-order valence-electron chi connectivity index (χ1n) is 3.78. The molecule has 2 heterocycles.